The molecule has 2 aromatic rings. The number of ether oxygens (including phenoxy) is 2. The molecule has 162 valence electrons. The van der Waals surface area contributed by atoms with Gasteiger partial charge in [0.15, 0.2) is 0 Å². The van der Waals surface area contributed by atoms with Gasteiger partial charge in [0, 0.05) is 36.4 Å². The number of rotatable bonds is 4. The molecule has 1 N–H and O–H groups in total. The van der Waals surface area contributed by atoms with Crippen molar-refractivity contribution < 1.29 is 24.2 Å². The molecule has 2 aliphatic heterocycles. The van der Waals surface area contributed by atoms with Crippen LogP contribution in [0.4, 0.5) is 0 Å². The van der Waals surface area contributed by atoms with E-state index < -0.39 is 5.97 Å². The lowest BCUT2D eigenvalue weighted by Crippen LogP contribution is -2.55. The van der Waals surface area contributed by atoms with Crippen LogP contribution in [0.15, 0.2) is 42.6 Å². The number of nitrogens with zero attached hydrogens (tertiary/aromatic N) is 2. The third-order valence-corrected chi connectivity index (χ3v) is 5.74. The quantitative estimate of drug-likeness (QED) is 0.728. The Bertz CT molecular complexity index is 1050. The molecular weight excluding hydrogens is 420 g/mol. The lowest BCUT2D eigenvalue weighted by Gasteiger charge is -2.42. The number of carboxylic acids is 1. The van der Waals surface area contributed by atoms with E-state index in [1.54, 1.807) is 24.4 Å². The van der Waals surface area contributed by atoms with E-state index in [4.69, 9.17) is 26.2 Å². The monoisotopic (exact) mass is 442 g/mol. The Morgan fingerprint density at radius 3 is 2.81 bits per heavy atom. The van der Waals surface area contributed by atoms with Gasteiger partial charge in [-0.25, -0.2) is 4.79 Å². The number of carboxylic acid groups (broad SMARTS) is 1. The summed E-state index contributed by atoms with van der Waals surface area (Å²) in [5, 5.41) is 9.24. The average molecular weight is 443 g/mol. The fraction of sp³-hybridized carbons (Fsp3) is 0.348. The number of carbonyl (C=O) groups is 2. The van der Waals surface area contributed by atoms with Gasteiger partial charge in [0.1, 0.15) is 11.9 Å². The molecule has 1 fully saturated rings. The highest BCUT2D eigenvalue weighted by Gasteiger charge is 2.34. The minimum absolute atomic E-state index is 0.0687. The Morgan fingerprint density at radius 1 is 1.32 bits per heavy atom. The molecule has 1 saturated heterocycles. The van der Waals surface area contributed by atoms with Gasteiger partial charge >= 0.3 is 5.97 Å². The summed E-state index contributed by atoms with van der Waals surface area (Å²) in [6.45, 7) is 5.55. The summed E-state index contributed by atoms with van der Waals surface area (Å²) in [5.41, 5.74) is 2.54. The number of hydrogen-bond acceptors (Lipinski definition) is 5. The van der Waals surface area contributed by atoms with Crippen molar-refractivity contribution in [1.29, 1.82) is 0 Å². The number of pyridine rings is 1. The van der Waals surface area contributed by atoms with Crippen molar-refractivity contribution in [1.82, 2.24) is 9.88 Å². The Kier molecular flexibility index (Phi) is 5.73. The normalized spacial score (nSPS) is 19.8. The molecule has 31 heavy (non-hydrogen) atoms. The van der Waals surface area contributed by atoms with E-state index in [0.29, 0.717) is 48.2 Å². The van der Waals surface area contributed by atoms with Gasteiger partial charge in [-0.15, -0.1) is 0 Å². The SMILES string of the molecule is CC1(C)COCCN1C(=O)c1ccc(-c2cc(Cl)c3c(c2)CC(/C=C/C(=O)O)O3)nc1. The fourth-order valence-electron chi connectivity index (χ4n) is 3.87. The third-order valence-electron chi connectivity index (χ3n) is 5.46. The van der Waals surface area contributed by atoms with Gasteiger partial charge in [-0.05, 0) is 44.2 Å². The summed E-state index contributed by atoms with van der Waals surface area (Å²) in [4.78, 5) is 30.0. The Labute approximate surface area is 185 Å². The predicted octanol–water partition coefficient (Wildman–Crippen LogP) is 3.60. The van der Waals surface area contributed by atoms with Crippen molar-refractivity contribution in [3.8, 4) is 17.0 Å². The van der Waals surface area contributed by atoms with Crippen molar-refractivity contribution in [2.24, 2.45) is 0 Å². The Hall–Kier alpha value is -2.90. The summed E-state index contributed by atoms with van der Waals surface area (Å²) in [6.07, 6.45) is 4.31. The molecule has 0 spiro atoms. The molecule has 0 radical (unpaired) electrons. The van der Waals surface area contributed by atoms with Crippen molar-refractivity contribution in [2.45, 2.75) is 31.9 Å². The molecule has 1 aromatic carbocycles. The molecule has 7 nitrogen and oxygen atoms in total. The molecular formula is C23H23ClN2O5. The molecule has 0 bridgehead atoms. The van der Waals surface area contributed by atoms with Gasteiger partial charge < -0.3 is 19.5 Å². The smallest absolute Gasteiger partial charge is 0.328 e. The second-order valence-electron chi connectivity index (χ2n) is 8.26. The van der Waals surface area contributed by atoms with Crippen LogP contribution in [0.1, 0.15) is 29.8 Å². The molecule has 1 aromatic heterocycles. The molecule has 1 atom stereocenters. The van der Waals surface area contributed by atoms with Crippen LogP contribution < -0.4 is 4.74 Å². The first kappa shape index (κ1) is 21.3. The zero-order valence-electron chi connectivity index (χ0n) is 17.3. The van der Waals surface area contributed by atoms with Crippen molar-refractivity contribution >= 4 is 23.5 Å². The molecule has 8 heteroatoms. The number of carbonyl (C=O) groups excluding carboxylic acids is 1. The maximum absolute atomic E-state index is 13.0. The first-order valence-corrected chi connectivity index (χ1v) is 10.4. The number of fused-ring (bicyclic) bond motifs is 1. The lowest BCUT2D eigenvalue weighted by molar-refractivity contribution is -0.131. The second-order valence-corrected chi connectivity index (χ2v) is 8.67. The van der Waals surface area contributed by atoms with Crippen molar-refractivity contribution in [3.63, 3.8) is 0 Å². The van der Waals surface area contributed by atoms with E-state index in [2.05, 4.69) is 4.98 Å². The molecule has 2 aliphatic rings. The van der Waals surface area contributed by atoms with E-state index in [9.17, 15) is 9.59 Å². The van der Waals surface area contributed by atoms with Crippen LogP contribution in [0, 0.1) is 0 Å². The maximum Gasteiger partial charge on any atom is 0.328 e. The Morgan fingerprint density at radius 2 is 2.13 bits per heavy atom. The first-order chi connectivity index (χ1) is 14.7. The molecule has 4 rings (SSSR count). The van der Waals surface area contributed by atoms with Crippen LogP contribution in [0.3, 0.4) is 0 Å². The van der Waals surface area contributed by atoms with Gasteiger partial charge in [0.25, 0.3) is 5.91 Å². The van der Waals surface area contributed by atoms with E-state index in [0.717, 1.165) is 17.2 Å². The number of morpholine rings is 1. The van der Waals surface area contributed by atoms with E-state index >= 15 is 0 Å². The second kappa shape index (κ2) is 8.32. The van der Waals surface area contributed by atoms with Gasteiger partial charge in [-0.2, -0.15) is 0 Å². The third kappa shape index (κ3) is 4.43. The summed E-state index contributed by atoms with van der Waals surface area (Å²) in [7, 11) is 0. The standard InChI is InChI=1S/C23H23ClN2O5/c1-23(2)13-30-8-7-26(23)22(29)14-3-5-19(25-12-14)15-9-16-10-17(4-6-20(27)28)31-21(16)18(24)11-15/h3-6,9,11-12,17H,7-8,10,13H2,1-2H3,(H,27,28)/b6-4+. The highest BCUT2D eigenvalue weighted by molar-refractivity contribution is 6.32. The van der Waals surface area contributed by atoms with Crippen LogP contribution in [-0.2, 0) is 16.0 Å². The predicted molar refractivity (Wildman–Crippen MR) is 116 cm³/mol. The van der Waals surface area contributed by atoms with Crippen LogP contribution in [0.5, 0.6) is 5.75 Å². The van der Waals surface area contributed by atoms with Gasteiger partial charge in [0.05, 0.1) is 35.0 Å². The first-order valence-electron chi connectivity index (χ1n) is 10.0. The number of benzene rings is 1. The molecule has 3 heterocycles. The zero-order chi connectivity index (χ0) is 22.2. The van der Waals surface area contributed by atoms with Crippen LogP contribution in [0.2, 0.25) is 5.02 Å². The van der Waals surface area contributed by atoms with Gasteiger partial charge in [-0.3, -0.25) is 9.78 Å². The number of hydrogen-bond donors (Lipinski definition) is 1. The molecule has 0 saturated carbocycles. The maximum atomic E-state index is 13.0. The molecule has 0 aliphatic carbocycles. The summed E-state index contributed by atoms with van der Waals surface area (Å²) in [5.74, 6) is -0.529. The average Bonchev–Trinajstić information content (AvgIpc) is 3.15. The van der Waals surface area contributed by atoms with E-state index in [1.165, 1.54) is 6.08 Å². The molecule has 1 amide bonds. The number of aromatic nitrogens is 1. The Balaban J connectivity index is 1.54. The molecule has 1 unspecified atom stereocenters. The minimum Gasteiger partial charge on any atom is -0.484 e. The van der Waals surface area contributed by atoms with Crippen LogP contribution in [-0.4, -0.2) is 58.3 Å². The number of amides is 1. The summed E-state index contributed by atoms with van der Waals surface area (Å²) >= 11 is 6.40. The fourth-order valence-corrected chi connectivity index (χ4v) is 4.15. The lowest BCUT2D eigenvalue weighted by atomic mass is 10.0. The number of aliphatic carboxylic acids is 1. The number of halogens is 1. The van der Waals surface area contributed by atoms with Crippen molar-refractivity contribution in [3.05, 3.63) is 58.8 Å². The largest absolute Gasteiger partial charge is 0.484 e. The van der Waals surface area contributed by atoms with Gasteiger partial charge in [0.2, 0.25) is 0 Å². The summed E-state index contributed by atoms with van der Waals surface area (Å²) < 4.78 is 11.2. The highest BCUT2D eigenvalue weighted by atomic mass is 35.5. The van der Waals surface area contributed by atoms with Crippen LogP contribution in [0.25, 0.3) is 11.3 Å². The summed E-state index contributed by atoms with van der Waals surface area (Å²) in [6, 6.07) is 7.27. The minimum atomic E-state index is -1.02. The van der Waals surface area contributed by atoms with Crippen molar-refractivity contribution in [2.75, 3.05) is 19.8 Å². The van der Waals surface area contributed by atoms with E-state index in [-0.39, 0.29) is 17.6 Å². The topological polar surface area (TPSA) is 89.0 Å². The highest BCUT2D eigenvalue weighted by Crippen LogP contribution is 2.39. The van der Waals surface area contributed by atoms with E-state index in [1.807, 2.05) is 24.8 Å². The van der Waals surface area contributed by atoms with Crippen LogP contribution >= 0.6 is 11.6 Å². The zero-order valence-corrected chi connectivity index (χ0v) is 18.1. The van der Waals surface area contributed by atoms with Gasteiger partial charge in [-0.1, -0.05) is 11.6 Å².